The van der Waals surface area contributed by atoms with E-state index in [1.807, 2.05) is 0 Å². The summed E-state index contributed by atoms with van der Waals surface area (Å²) < 4.78 is 33.6. The predicted molar refractivity (Wildman–Crippen MR) is 279 cm³/mol. The van der Waals surface area contributed by atoms with Gasteiger partial charge in [-0.2, -0.15) is 0 Å². The molecule has 65 heavy (non-hydrogen) atoms. The maximum atomic E-state index is 12.7. The van der Waals surface area contributed by atoms with Crippen LogP contribution in [0, 0.1) is 0 Å². The second kappa shape index (κ2) is 52.6. The third-order valence-electron chi connectivity index (χ3n) is 11.1. The van der Waals surface area contributed by atoms with Gasteiger partial charge >= 0.3 is 13.8 Å². The summed E-state index contributed by atoms with van der Waals surface area (Å²) in [6.07, 6.45) is 69.2. The van der Waals surface area contributed by atoms with Gasteiger partial charge in [0.25, 0.3) is 0 Å². The number of phosphoric ester groups is 1. The smallest absolute Gasteiger partial charge is 0.457 e. The number of hydrogen-bond donors (Lipinski definition) is 2. The summed E-state index contributed by atoms with van der Waals surface area (Å²) in [4.78, 5) is 22.6. The summed E-state index contributed by atoms with van der Waals surface area (Å²) in [6, 6.07) is 0. The van der Waals surface area contributed by atoms with Crippen LogP contribution in [0.25, 0.3) is 0 Å². The Kier molecular flexibility index (Phi) is 50.8. The van der Waals surface area contributed by atoms with Gasteiger partial charge in [-0.15, -0.1) is 0 Å². The van der Waals surface area contributed by atoms with Crippen molar-refractivity contribution >= 4 is 13.8 Å². The van der Waals surface area contributed by atoms with Crippen molar-refractivity contribution in [3.8, 4) is 0 Å². The number of ether oxygens (including phenoxy) is 2. The topological polar surface area (TPSA) is 117 Å². The van der Waals surface area contributed by atoms with Crippen LogP contribution in [0.5, 0.6) is 0 Å². The maximum Gasteiger partial charge on any atom is 0.472 e. The Morgan fingerprint density at radius 3 is 1.26 bits per heavy atom. The standard InChI is InChI=1S/C56H100NO7P/c1-3-5-7-9-11-13-15-17-19-21-23-25-27-28-30-32-34-36-38-40-42-44-46-48-51-61-53-55(54-63-65(59,60)62-52-50-57)64-56(58)49-47-45-43-41-39-37-35-33-31-29-26-24-22-20-18-16-14-12-10-8-6-4-2/h5,7,11,13,17,19,23,25,28,30,34,36,40,42,55H,3-4,6,8-10,12,14-16,18,20-22,24,26-27,29,31-33,35,37-39,41,43-54,57H2,1-2H3,(H,59,60)/b7-5-,13-11-,19-17-,25-23-,30-28-,36-34-,42-40-. The molecule has 0 heterocycles. The van der Waals surface area contributed by atoms with E-state index in [-0.39, 0.29) is 32.3 Å². The number of allylic oxidation sites excluding steroid dienone is 14. The van der Waals surface area contributed by atoms with Crippen molar-refractivity contribution in [3.63, 3.8) is 0 Å². The van der Waals surface area contributed by atoms with Gasteiger partial charge in [0.1, 0.15) is 6.10 Å². The van der Waals surface area contributed by atoms with E-state index in [4.69, 9.17) is 24.3 Å². The monoisotopic (exact) mass is 930 g/mol. The van der Waals surface area contributed by atoms with Gasteiger partial charge in [0, 0.05) is 19.6 Å². The Bertz CT molecular complexity index is 1270. The number of esters is 1. The molecule has 0 saturated heterocycles. The van der Waals surface area contributed by atoms with Crippen LogP contribution in [0.15, 0.2) is 85.1 Å². The first-order valence-electron chi connectivity index (χ1n) is 26.6. The molecule has 376 valence electrons. The minimum atomic E-state index is -4.30. The van der Waals surface area contributed by atoms with E-state index in [2.05, 4.69) is 98.9 Å². The molecule has 0 fully saturated rings. The largest absolute Gasteiger partial charge is 0.472 e. The molecule has 0 amide bonds. The summed E-state index contributed by atoms with van der Waals surface area (Å²) >= 11 is 0. The number of carbonyl (C=O) groups excluding carboxylic acids is 1. The fourth-order valence-electron chi connectivity index (χ4n) is 7.21. The highest BCUT2D eigenvalue weighted by atomic mass is 31.2. The molecule has 0 radical (unpaired) electrons. The Morgan fingerprint density at radius 2 is 0.862 bits per heavy atom. The average Bonchev–Trinajstić information content (AvgIpc) is 3.30. The van der Waals surface area contributed by atoms with Gasteiger partial charge in [0.05, 0.1) is 19.8 Å². The van der Waals surface area contributed by atoms with Gasteiger partial charge in [0.2, 0.25) is 0 Å². The lowest BCUT2D eigenvalue weighted by molar-refractivity contribution is -0.154. The zero-order valence-electron chi connectivity index (χ0n) is 42.0. The number of nitrogens with two attached hydrogens (primary N) is 1. The molecule has 0 rings (SSSR count). The van der Waals surface area contributed by atoms with Crippen molar-refractivity contribution in [3.05, 3.63) is 85.1 Å². The molecule has 2 unspecified atom stereocenters. The van der Waals surface area contributed by atoms with Crippen LogP contribution < -0.4 is 5.73 Å². The van der Waals surface area contributed by atoms with Gasteiger partial charge in [-0.25, -0.2) is 4.57 Å². The van der Waals surface area contributed by atoms with Crippen LogP contribution in [-0.4, -0.2) is 49.9 Å². The van der Waals surface area contributed by atoms with Crippen molar-refractivity contribution in [1.29, 1.82) is 0 Å². The average molecular weight is 930 g/mol. The number of unbranched alkanes of at least 4 members (excludes halogenated alkanes) is 23. The molecule has 3 N–H and O–H groups in total. The molecular weight excluding hydrogens is 830 g/mol. The lowest BCUT2D eigenvalue weighted by Crippen LogP contribution is -2.28. The minimum absolute atomic E-state index is 0.0838. The van der Waals surface area contributed by atoms with Gasteiger partial charge < -0.3 is 20.1 Å². The van der Waals surface area contributed by atoms with Gasteiger partial charge in [-0.05, 0) is 70.6 Å². The molecule has 8 nitrogen and oxygen atoms in total. The molecule has 0 saturated carbocycles. The Morgan fingerprint density at radius 1 is 0.477 bits per heavy atom. The molecule has 0 spiro atoms. The van der Waals surface area contributed by atoms with E-state index in [1.54, 1.807) is 0 Å². The first-order valence-corrected chi connectivity index (χ1v) is 28.1. The van der Waals surface area contributed by atoms with Crippen LogP contribution in [0.4, 0.5) is 0 Å². The van der Waals surface area contributed by atoms with E-state index < -0.39 is 13.9 Å². The highest BCUT2D eigenvalue weighted by Gasteiger charge is 2.25. The Balaban J connectivity index is 4.03. The molecule has 9 heteroatoms. The zero-order valence-corrected chi connectivity index (χ0v) is 42.8. The highest BCUT2D eigenvalue weighted by molar-refractivity contribution is 7.47. The summed E-state index contributed by atoms with van der Waals surface area (Å²) in [5, 5.41) is 0. The maximum absolute atomic E-state index is 12.7. The van der Waals surface area contributed by atoms with Crippen molar-refractivity contribution in [2.75, 3.05) is 33.0 Å². The normalized spacial score (nSPS) is 14.0. The van der Waals surface area contributed by atoms with E-state index in [9.17, 15) is 14.3 Å². The highest BCUT2D eigenvalue weighted by Crippen LogP contribution is 2.43. The summed E-state index contributed by atoms with van der Waals surface area (Å²) in [7, 11) is -4.30. The molecule has 0 aromatic carbocycles. The van der Waals surface area contributed by atoms with E-state index in [0.717, 1.165) is 83.5 Å². The fraction of sp³-hybridized carbons (Fsp3) is 0.732. The second-order valence-corrected chi connectivity index (χ2v) is 18.8. The van der Waals surface area contributed by atoms with E-state index in [0.29, 0.717) is 13.0 Å². The Labute approximate surface area is 400 Å². The first-order chi connectivity index (χ1) is 31.9. The van der Waals surface area contributed by atoms with Crippen molar-refractivity contribution < 1.29 is 32.8 Å². The Hall–Kier alpha value is -2.32. The second-order valence-electron chi connectivity index (χ2n) is 17.4. The van der Waals surface area contributed by atoms with Crippen LogP contribution in [0.1, 0.15) is 226 Å². The van der Waals surface area contributed by atoms with Crippen LogP contribution in [0.2, 0.25) is 0 Å². The quantitative estimate of drug-likeness (QED) is 0.0268. The molecule has 0 aliphatic heterocycles. The predicted octanol–water partition coefficient (Wildman–Crippen LogP) is 16.8. The lowest BCUT2D eigenvalue weighted by Gasteiger charge is -2.20. The number of rotatable bonds is 50. The van der Waals surface area contributed by atoms with Crippen molar-refractivity contribution in [1.82, 2.24) is 0 Å². The van der Waals surface area contributed by atoms with Crippen molar-refractivity contribution in [2.24, 2.45) is 5.73 Å². The summed E-state index contributed by atoms with van der Waals surface area (Å²) in [6.45, 7) is 4.71. The number of phosphoric acid groups is 1. The third-order valence-corrected chi connectivity index (χ3v) is 12.1. The van der Waals surface area contributed by atoms with Gasteiger partial charge in [-0.3, -0.25) is 13.8 Å². The van der Waals surface area contributed by atoms with E-state index >= 15 is 0 Å². The van der Waals surface area contributed by atoms with Gasteiger partial charge in [0.15, 0.2) is 0 Å². The zero-order chi connectivity index (χ0) is 47.3. The van der Waals surface area contributed by atoms with Gasteiger partial charge in [-0.1, -0.05) is 234 Å². The number of carbonyl (C=O) groups is 1. The van der Waals surface area contributed by atoms with Crippen LogP contribution in [-0.2, 0) is 27.9 Å². The minimum Gasteiger partial charge on any atom is -0.457 e. The molecule has 0 aromatic rings. The molecule has 0 aromatic heterocycles. The fourth-order valence-corrected chi connectivity index (χ4v) is 7.98. The first kappa shape index (κ1) is 62.7. The molecule has 2 atom stereocenters. The van der Waals surface area contributed by atoms with Crippen LogP contribution >= 0.6 is 7.82 Å². The molecule has 0 bridgehead atoms. The SMILES string of the molecule is CC/C=C\C/C=C\C/C=C\C/C=C\C/C=C\C/C=C\C/C=C\CCCCOCC(COP(=O)(O)OCCN)OC(=O)CCCCCCCCCCCCCCCCCCCCCCCC. The van der Waals surface area contributed by atoms with Crippen molar-refractivity contribution in [2.45, 2.75) is 232 Å². The third kappa shape index (κ3) is 52.5. The van der Waals surface area contributed by atoms with Crippen LogP contribution in [0.3, 0.4) is 0 Å². The lowest BCUT2D eigenvalue weighted by atomic mass is 10.0. The number of hydrogen-bond acceptors (Lipinski definition) is 7. The molecule has 0 aliphatic carbocycles. The molecular formula is C56H100NO7P. The summed E-state index contributed by atoms with van der Waals surface area (Å²) in [5.41, 5.74) is 5.39. The molecule has 0 aliphatic rings. The summed E-state index contributed by atoms with van der Waals surface area (Å²) in [5.74, 6) is -0.344. The van der Waals surface area contributed by atoms with E-state index in [1.165, 1.54) is 122 Å².